The van der Waals surface area contributed by atoms with E-state index in [9.17, 15) is 4.79 Å². The number of esters is 1. The maximum absolute atomic E-state index is 11.2. The molecule has 0 saturated heterocycles. The van der Waals surface area contributed by atoms with Crippen LogP contribution in [0.2, 0.25) is 0 Å². The number of nitrogens with zero attached hydrogens (tertiary/aromatic N) is 2. The van der Waals surface area contributed by atoms with E-state index in [1.165, 1.54) is 0 Å². The van der Waals surface area contributed by atoms with Crippen LogP contribution in [0.4, 0.5) is 0 Å². The number of nitrogens with one attached hydrogen (secondary N) is 2. The number of hydrogen-bond acceptors (Lipinski definition) is 5. The summed E-state index contributed by atoms with van der Waals surface area (Å²) < 4.78 is 10.2. The Morgan fingerprint density at radius 2 is 2.04 bits per heavy atom. The number of carbonyl (C=O) groups excluding carboxylic acids is 1. The summed E-state index contributed by atoms with van der Waals surface area (Å²) in [6.07, 6.45) is 4.53. The van der Waals surface area contributed by atoms with Crippen LogP contribution in [0, 0.1) is 0 Å². The van der Waals surface area contributed by atoms with Crippen molar-refractivity contribution < 1.29 is 14.1 Å². The lowest BCUT2D eigenvalue weighted by molar-refractivity contribution is -0.143. The summed E-state index contributed by atoms with van der Waals surface area (Å²) in [6.45, 7) is 7.86. The van der Waals surface area contributed by atoms with Gasteiger partial charge in [-0.1, -0.05) is 31.8 Å². The van der Waals surface area contributed by atoms with Gasteiger partial charge in [0.2, 0.25) is 0 Å². The van der Waals surface area contributed by atoms with E-state index in [1.807, 2.05) is 13.0 Å². The summed E-state index contributed by atoms with van der Waals surface area (Å²) in [4.78, 5) is 15.4. The minimum absolute atomic E-state index is 0.0988. The summed E-state index contributed by atoms with van der Waals surface area (Å²) in [5.41, 5.74) is 0.961. The molecule has 1 heterocycles. The molecule has 1 aromatic heterocycles. The molecule has 1 aromatic rings. The molecule has 25 heavy (non-hydrogen) atoms. The van der Waals surface area contributed by atoms with Crippen LogP contribution < -0.4 is 10.6 Å². The smallest absolute Gasteiger partial charge is 0.305 e. The quantitative estimate of drug-likeness (QED) is 0.275. The number of hydrogen-bond donors (Lipinski definition) is 2. The van der Waals surface area contributed by atoms with Gasteiger partial charge in [-0.05, 0) is 25.7 Å². The Morgan fingerprint density at radius 3 is 2.68 bits per heavy atom. The molecule has 0 aromatic carbocycles. The predicted molar refractivity (Wildman–Crippen MR) is 98.5 cm³/mol. The highest BCUT2D eigenvalue weighted by molar-refractivity contribution is 5.79. The Hall–Kier alpha value is -2.05. The van der Waals surface area contributed by atoms with E-state index >= 15 is 0 Å². The van der Waals surface area contributed by atoms with E-state index in [0.717, 1.165) is 49.6 Å². The number of guanidine groups is 1. The van der Waals surface area contributed by atoms with Crippen LogP contribution in [0.1, 0.15) is 70.2 Å². The molecule has 1 rings (SSSR count). The van der Waals surface area contributed by atoms with Crippen molar-refractivity contribution >= 4 is 11.9 Å². The van der Waals surface area contributed by atoms with E-state index in [2.05, 4.69) is 34.6 Å². The molecule has 0 bridgehead atoms. The lowest BCUT2D eigenvalue weighted by atomic mass is 10.1. The third kappa shape index (κ3) is 9.12. The Labute approximate surface area is 150 Å². The standard InChI is InChI=1S/C18H32N4O3/c1-5-24-17(23)10-8-6-7-9-11-20-18(19-4)21-13-15-12-16(14(2)3)22-25-15/h12,14H,5-11,13H2,1-4H3,(H2,19,20,21). The van der Waals surface area contributed by atoms with Gasteiger partial charge < -0.3 is 19.9 Å². The number of unbranched alkanes of at least 4 members (excludes halogenated alkanes) is 3. The zero-order valence-corrected chi connectivity index (χ0v) is 15.9. The fourth-order valence-corrected chi connectivity index (χ4v) is 2.26. The van der Waals surface area contributed by atoms with Crippen LogP contribution in [0.3, 0.4) is 0 Å². The van der Waals surface area contributed by atoms with Gasteiger partial charge in [0.1, 0.15) is 0 Å². The van der Waals surface area contributed by atoms with Crippen LogP contribution in [0.5, 0.6) is 0 Å². The SMILES string of the molecule is CCOC(=O)CCCCCCNC(=NC)NCc1cc(C(C)C)no1. The first-order valence-electron chi connectivity index (χ1n) is 9.12. The fraction of sp³-hybridized carbons (Fsp3) is 0.722. The van der Waals surface area contributed by atoms with Crippen molar-refractivity contribution in [3.63, 3.8) is 0 Å². The van der Waals surface area contributed by atoms with Crippen molar-refractivity contribution in [2.24, 2.45) is 4.99 Å². The molecule has 7 nitrogen and oxygen atoms in total. The van der Waals surface area contributed by atoms with Gasteiger partial charge in [-0.2, -0.15) is 0 Å². The second kappa shape index (κ2) is 12.3. The molecule has 0 amide bonds. The summed E-state index contributed by atoms with van der Waals surface area (Å²) in [5.74, 6) is 1.80. The highest BCUT2D eigenvalue weighted by Crippen LogP contribution is 2.13. The lowest BCUT2D eigenvalue weighted by Crippen LogP contribution is -2.37. The summed E-state index contributed by atoms with van der Waals surface area (Å²) >= 11 is 0. The molecular weight excluding hydrogens is 320 g/mol. The number of carbonyl (C=O) groups is 1. The molecule has 142 valence electrons. The van der Waals surface area contributed by atoms with Gasteiger partial charge in [0.15, 0.2) is 11.7 Å². The predicted octanol–water partition coefficient (Wildman–Crippen LogP) is 2.98. The minimum Gasteiger partial charge on any atom is -0.466 e. The molecule has 0 fully saturated rings. The summed E-state index contributed by atoms with van der Waals surface area (Å²) in [5, 5.41) is 10.5. The van der Waals surface area contributed by atoms with Gasteiger partial charge in [-0.25, -0.2) is 0 Å². The molecule has 0 aliphatic rings. The average Bonchev–Trinajstić information content (AvgIpc) is 3.06. The van der Waals surface area contributed by atoms with Crippen LogP contribution in [-0.4, -0.2) is 37.3 Å². The molecule has 7 heteroatoms. The van der Waals surface area contributed by atoms with Gasteiger partial charge in [0, 0.05) is 26.1 Å². The Balaban J connectivity index is 2.11. The van der Waals surface area contributed by atoms with Gasteiger partial charge in [0.25, 0.3) is 0 Å². The molecule has 0 atom stereocenters. The van der Waals surface area contributed by atoms with Crippen molar-refractivity contribution in [2.45, 2.75) is 65.3 Å². The van der Waals surface area contributed by atoms with Crippen molar-refractivity contribution in [3.05, 3.63) is 17.5 Å². The first kappa shape index (κ1) is 21.0. The van der Waals surface area contributed by atoms with Crippen molar-refractivity contribution in [2.75, 3.05) is 20.2 Å². The topological polar surface area (TPSA) is 88.8 Å². The summed E-state index contributed by atoms with van der Waals surface area (Å²) in [6, 6.07) is 1.97. The third-order valence-electron chi connectivity index (χ3n) is 3.73. The number of aliphatic imine (C=N–C) groups is 1. The van der Waals surface area contributed by atoms with E-state index in [1.54, 1.807) is 7.05 Å². The molecular formula is C18H32N4O3. The number of ether oxygens (including phenoxy) is 1. The van der Waals surface area contributed by atoms with E-state index in [0.29, 0.717) is 25.5 Å². The zero-order valence-electron chi connectivity index (χ0n) is 15.9. The lowest BCUT2D eigenvalue weighted by Gasteiger charge is -2.10. The Kier molecular flexibility index (Phi) is 10.4. The molecule has 0 saturated carbocycles. The molecule has 2 N–H and O–H groups in total. The highest BCUT2D eigenvalue weighted by atomic mass is 16.5. The molecule has 0 aliphatic heterocycles. The van der Waals surface area contributed by atoms with E-state index in [4.69, 9.17) is 9.26 Å². The second-order valence-electron chi connectivity index (χ2n) is 6.19. The molecule has 0 radical (unpaired) electrons. The number of aromatic nitrogens is 1. The van der Waals surface area contributed by atoms with Crippen LogP contribution in [0.25, 0.3) is 0 Å². The Morgan fingerprint density at radius 1 is 1.28 bits per heavy atom. The monoisotopic (exact) mass is 352 g/mol. The minimum atomic E-state index is -0.0988. The maximum atomic E-state index is 11.2. The van der Waals surface area contributed by atoms with Crippen LogP contribution in [-0.2, 0) is 16.1 Å². The first-order valence-corrected chi connectivity index (χ1v) is 9.12. The van der Waals surface area contributed by atoms with Crippen LogP contribution in [0.15, 0.2) is 15.6 Å². The third-order valence-corrected chi connectivity index (χ3v) is 3.73. The van der Waals surface area contributed by atoms with Gasteiger partial charge in [0.05, 0.1) is 18.8 Å². The zero-order chi connectivity index (χ0) is 18.5. The van der Waals surface area contributed by atoms with Gasteiger partial charge >= 0.3 is 5.97 Å². The van der Waals surface area contributed by atoms with Gasteiger partial charge in [-0.15, -0.1) is 0 Å². The molecule has 0 spiro atoms. The van der Waals surface area contributed by atoms with Gasteiger partial charge in [-0.3, -0.25) is 9.79 Å². The average molecular weight is 352 g/mol. The summed E-state index contributed by atoms with van der Waals surface area (Å²) in [7, 11) is 1.74. The molecule has 0 aliphatic carbocycles. The normalized spacial score (nSPS) is 11.6. The maximum Gasteiger partial charge on any atom is 0.305 e. The number of rotatable bonds is 11. The first-order chi connectivity index (χ1) is 12.1. The van der Waals surface area contributed by atoms with E-state index in [-0.39, 0.29) is 5.97 Å². The highest BCUT2D eigenvalue weighted by Gasteiger charge is 2.08. The van der Waals surface area contributed by atoms with Crippen molar-refractivity contribution in [1.29, 1.82) is 0 Å². The fourth-order valence-electron chi connectivity index (χ4n) is 2.26. The van der Waals surface area contributed by atoms with Crippen molar-refractivity contribution in [3.8, 4) is 0 Å². The second-order valence-corrected chi connectivity index (χ2v) is 6.19. The Bertz CT molecular complexity index is 526. The molecule has 0 unspecified atom stereocenters. The van der Waals surface area contributed by atoms with Crippen molar-refractivity contribution in [1.82, 2.24) is 15.8 Å². The van der Waals surface area contributed by atoms with E-state index < -0.39 is 0 Å². The largest absolute Gasteiger partial charge is 0.466 e. The van der Waals surface area contributed by atoms with Crippen LogP contribution >= 0.6 is 0 Å².